The van der Waals surface area contributed by atoms with Gasteiger partial charge in [-0.1, -0.05) is 11.6 Å². The van der Waals surface area contributed by atoms with Crippen LogP contribution in [0.2, 0.25) is 5.02 Å². The van der Waals surface area contributed by atoms with Gasteiger partial charge in [0.15, 0.2) is 11.6 Å². The second-order valence-corrected chi connectivity index (χ2v) is 4.68. The van der Waals surface area contributed by atoms with E-state index in [1.807, 2.05) is 0 Å². The summed E-state index contributed by atoms with van der Waals surface area (Å²) in [5, 5.41) is 10.9. The molecule has 21 heavy (non-hydrogen) atoms. The van der Waals surface area contributed by atoms with Crippen molar-refractivity contribution in [2.45, 2.75) is 5.88 Å². The van der Waals surface area contributed by atoms with Gasteiger partial charge in [0.05, 0.1) is 16.9 Å². The SMILES string of the molecule is O=[N+]([O-])c1cc(F)c(Oc2ccc(Cl)cc2CCl)cc1F. The Hall–Kier alpha value is -1.92. The molecular weight excluding hydrogens is 327 g/mol. The van der Waals surface area contributed by atoms with E-state index in [4.69, 9.17) is 27.9 Å². The molecule has 0 aromatic heterocycles. The predicted molar refractivity (Wildman–Crippen MR) is 74.1 cm³/mol. The van der Waals surface area contributed by atoms with Crippen LogP contribution in [0, 0.1) is 21.7 Å². The fourth-order valence-electron chi connectivity index (χ4n) is 1.61. The molecule has 2 rings (SSSR count). The van der Waals surface area contributed by atoms with E-state index < -0.39 is 28.0 Å². The average molecular weight is 334 g/mol. The van der Waals surface area contributed by atoms with Crippen molar-refractivity contribution in [3.05, 3.63) is 62.7 Å². The van der Waals surface area contributed by atoms with Crippen molar-refractivity contribution in [2.75, 3.05) is 0 Å². The van der Waals surface area contributed by atoms with Crippen molar-refractivity contribution in [1.82, 2.24) is 0 Å². The highest BCUT2D eigenvalue weighted by atomic mass is 35.5. The minimum absolute atomic E-state index is 0.0486. The number of hydrogen-bond donors (Lipinski definition) is 0. The van der Waals surface area contributed by atoms with Crippen molar-refractivity contribution in [2.24, 2.45) is 0 Å². The van der Waals surface area contributed by atoms with Gasteiger partial charge in [-0.05, 0) is 18.2 Å². The maximum absolute atomic E-state index is 13.7. The first-order valence-corrected chi connectivity index (χ1v) is 6.49. The summed E-state index contributed by atoms with van der Waals surface area (Å²) in [4.78, 5) is 9.49. The van der Waals surface area contributed by atoms with E-state index in [0.29, 0.717) is 22.7 Å². The van der Waals surface area contributed by atoms with E-state index in [-0.39, 0.29) is 11.6 Å². The topological polar surface area (TPSA) is 52.4 Å². The van der Waals surface area contributed by atoms with Crippen LogP contribution in [0.1, 0.15) is 5.56 Å². The smallest absolute Gasteiger partial charge is 0.307 e. The zero-order valence-electron chi connectivity index (χ0n) is 10.3. The lowest BCUT2D eigenvalue weighted by atomic mass is 10.2. The third-order valence-electron chi connectivity index (χ3n) is 2.58. The number of benzene rings is 2. The zero-order valence-corrected chi connectivity index (χ0v) is 11.8. The molecule has 0 unspecified atom stereocenters. The van der Waals surface area contributed by atoms with E-state index in [1.54, 1.807) is 0 Å². The Bertz CT molecular complexity index is 710. The van der Waals surface area contributed by atoms with E-state index in [9.17, 15) is 18.9 Å². The molecule has 0 N–H and O–H groups in total. The van der Waals surface area contributed by atoms with Gasteiger partial charge in [-0.15, -0.1) is 11.6 Å². The summed E-state index contributed by atoms with van der Waals surface area (Å²) in [6, 6.07) is 5.52. The fourth-order valence-corrected chi connectivity index (χ4v) is 2.01. The second kappa shape index (κ2) is 6.24. The van der Waals surface area contributed by atoms with Crippen molar-refractivity contribution in [1.29, 1.82) is 0 Å². The number of rotatable bonds is 4. The molecule has 0 radical (unpaired) electrons. The van der Waals surface area contributed by atoms with Crippen LogP contribution in [0.3, 0.4) is 0 Å². The Morgan fingerprint density at radius 1 is 1.14 bits per heavy atom. The lowest BCUT2D eigenvalue weighted by Crippen LogP contribution is -1.97. The van der Waals surface area contributed by atoms with Crippen LogP contribution in [0.4, 0.5) is 14.5 Å². The Kier molecular flexibility index (Phi) is 4.59. The van der Waals surface area contributed by atoms with Gasteiger partial charge < -0.3 is 4.74 Å². The highest BCUT2D eigenvalue weighted by molar-refractivity contribution is 6.30. The fraction of sp³-hybridized carbons (Fsp3) is 0.0769. The van der Waals surface area contributed by atoms with Gasteiger partial charge in [-0.3, -0.25) is 10.1 Å². The number of nitrogens with zero attached hydrogens (tertiary/aromatic N) is 1. The maximum atomic E-state index is 13.7. The Balaban J connectivity index is 2.41. The minimum atomic E-state index is -1.20. The van der Waals surface area contributed by atoms with E-state index in [0.717, 1.165) is 0 Å². The molecule has 0 aliphatic rings. The molecule has 0 bridgehead atoms. The molecule has 0 heterocycles. The van der Waals surface area contributed by atoms with Gasteiger partial charge in [-0.25, -0.2) is 4.39 Å². The Morgan fingerprint density at radius 3 is 2.48 bits per heavy atom. The molecule has 4 nitrogen and oxygen atoms in total. The average Bonchev–Trinajstić information content (AvgIpc) is 2.43. The van der Waals surface area contributed by atoms with Crippen LogP contribution in [-0.4, -0.2) is 4.92 Å². The van der Waals surface area contributed by atoms with Gasteiger partial charge >= 0.3 is 5.69 Å². The molecule has 0 spiro atoms. The quantitative estimate of drug-likeness (QED) is 0.446. The molecule has 2 aromatic carbocycles. The zero-order chi connectivity index (χ0) is 15.6. The van der Waals surface area contributed by atoms with Crippen LogP contribution >= 0.6 is 23.2 Å². The summed E-state index contributed by atoms with van der Waals surface area (Å²) < 4.78 is 32.5. The van der Waals surface area contributed by atoms with Crippen LogP contribution < -0.4 is 4.74 Å². The summed E-state index contributed by atoms with van der Waals surface area (Å²) in [5.74, 6) is -2.50. The minimum Gasteiger partial charge on any atom is -0.454 e. The standard InChI is InChI=1S/C13H7Cl2F2NO3/c14-6-7-3-8(15)1-2-12(7)21-13-5-9(16)11(18(19)20)4-10(13)17/h1-5H,6H2. The molecule has 0 amide bonds. The summed E-state index contributed by atoms with van der Waals surface area (Å²) in [5.41, 5.74) is -0.490. The summed E-state index contributed by atoms with van der Waals surface area (Å²) in [6.07, 6.45) is 0. The molecule has 0 aliphatic heterocycles. The van der Waals surface area contributed by atoms with Crippen LogP contribution in [0.25, 0.3) is 0 Å². The molecule has 0 fully saturated rings. The molecule has 0 saturated carbocycles. The van der Waals surface area contributed by atoms with E-state index >= 15 is 0 Å². The lowest BCUT2D eigenvalue weighted by Gasteiger charge is -2.10. The van der Waals surface area contributed by atoms with Crippen LogP contribution in [-0.2, 0) is 5.88 Å². The number of halogens is 4. The molecule has 2 aromatic rings. The number of nitro benzene ring substituents is 1. The third-order valence-corrected chi connectivity index (χ3v) is 3.11. The molecule has 8 heteroatoms. The number of nitro groups is 1. The highest BCUT2D eigenvalue weighted by Gasteiger charge is 2.20. The van der Waals surface area contributed by atoms with Gasteiger partial charge in [0.25, 0.3) is 0 Å². The largest absolute Gasteiger partial charge is 0.454 e. The van der Waals surface area contributed by atoms with Gasteiger partial charge in [-0.2, -0.15) is 4.39 Å². The summed E-state index contributed by atoms with van der Waals surface area (Å²) >= 11 is 11.5. The summed E-state index contributed by atoms with van der Waals surface area (Å²) in [6.45, 7) is 0. The summed E-state index contributed by atoms with van der Waals surface area (Å²) in [7, 11) is 0. The predicted octanol–water partition coefficient (Wildman–Crippen LogP) is 5.06. The van der Waals surface area contributed by atoms with Crippen molar-refractivity contribution >= 4 is 28.9 Å². The second-order valence-electron chi connectivity index (χ2n) is 3.98. The lowest BCUT2D eigenvalue weighted by molar-refractivity contribution is -0.387. The molecule has 0 aliphatic carbocycles. The first-order chi connectivity index (χ1) is 9.92. The monoisotopic (exact) mass is 333 g/mol. The van der Waals surface area contributed by atoms with Gasteiger partial charge in [0.2, 0.25) is 5.82 Å². The number of ether oxygens (including phenoxy) is 1. The van der Waals surface area contributed by atoms with Gasteiger partial charge in [0, 0.05) is 16.7 Å². The highest BCUT2D eigenvalue weighted by Crippen LogP contribution is 2.33. The van der Waals surface area contributed by atoms with Crippen molar-refractivity contribution < 1.29 is 18.4 Å². The third kappa shape index (κ3) is 3.40. The van der Waals surface area contributed by atoms with Gasteiger partial charge in [0.1, 0.15) is 5.75 Å². The molecule has 110 valence electrons. The molecular formula is C13H7Cl2F2NO3. The van der Waals surface area contributed by atoms with E-state index in [2.05, 4.69) is 0 Å². The molecule has 0 saturated heterocycles. The maximum Gasteiger partial charge on any atom is 0.307 e. The van der Waals surface area contributed by atoms with Crippen LogP contribution in [0.15, 0.2) is 30.3 Å². The number of hydrogen-bond acceptors (Lipinski definition) is 3. The Labute approximate surface area is 128 Å². The van der Waals surface area contributed by atoms with Crippen molar-refractivity contribution in [3.8, 4) is 11.5 Å². The Morgan fingerprint density at radius 2 is 1.86 bits per heavy atom. The molecule has 0 atom stereocenters. The first-order valence-electron chi connectivity index (χ1n) is 5.58. The normalized spacial score (nSPS) is 10.5. The first kappa shape index (κ1) is 15.5. The number of alkyl halides is 1. The van der Waals surface area contributed by atoms with E-state index in [1.165, 1.54) is 18.2 Å². The van der Waals surface area contributed by atoms with Crippen molar-refractivity contribution in [3.63, 3.8) is 0 Å². The van der Waals surface area contributed by atoms with Crippen LogP contribution in [0.5, 0.6) is 11.5 Å².